The van der Waals surface area contributed by atoms with Gasteiger partial charge < -0.3 is 9.73 Å². The molecule has 174 valence electrons. The van der Waals surface area contributed by atoms with Crippen molar-refractivity contribution in [2.75, 3.05) is 5.32 Å². The molecule has 0 aliphatic rings. The number of aryl methyl sites for hydroxylation is 2. The maximum Gasteiger partial charge on any atom is 0.293 e. The Morgan fingerprint density at radius 3 is 2.62 bits per heavy atom. The van der Waals surface area contributed by atoms with Crippen LogP contribution in [0.2, 0.25) is 0 Å². The van der Waals surface area contributed by atoms with Crippen LogP contribution in [0.3, 0.4) is 0 Å². The van der Waals surface area contributed by atoms with Crippen LogP contribution in [-0.2, 0) is 11.2 Å². The molecule has 4 rings (SSSR count). The summed E-state index contributed by atoms with van der Waals surface area (Å²) in [6.45, 7) is 5.40. The van der Waals surface area contributed by atoms with Crippen molar-refractivity contribution in [3.63, 3.8) is 0 Å². The van der Waals surface area contributed by atoms with E-state index < -0.39 is 5.91 Å². The second kappa shape index (κ2) is 10.0. The van der Waals surface area contributed by atoms with Gasteiger partial charge in [0.05, 0.1) is 11.1 Å². The number of nitrogens with one attached hydrogen (secondary N) is 2. The fourth-order valence-electron chi connectivity index (χ4n) is 3.65. The van der Waals surface area contributed by atoms with E-state index in [1.807, 2.05) is 49.6 Å². The smallest absolute Gasteiger partial charge is 0.293 e. The molecule has 2 aromatic heterocycles. The Kier molecular flexibility index (Phi) is 6.88. The molecule has 2 amide bonds. The van der Waals surface area contributed by atoms with Gasteiger partial charge in [-0.1, -0.05) is 35.9 Å². The SMILES string of the molecule is CC(=O)NC(C)CCc1ccc(-c2csc(NC(=O)c3cc(=O)c4cc(C)ccc4o3)n2)cc1. The number of amides is 2. The zero-order chi connectivity index (χ0) is 24.2. The number of benzene rings is 2. The van der Waals surface area contributed by atoms with E-state index >= 15 is 0 Å². The van der Waals surface area contributed by atoms with Crippen LogP contribution in [0.15, 0.2) is 63.1 Å². The lowest BCUT2D eigenvalue weighted by atomic mass is 10.0. The first-order chi connectivity index (χ1) is 16.3. The van der Waals surface area contributed by atoms with Crippen LogP contribution in [0.1, 0.15) is 41.9 Å². The summed E-state index contributed by atoms with van der Waals surface area (Å²) in [4.78, 5) is 40.7. The molecule has 0 radical (unpaired) electrons. The Balaban J connectivity index is 1.42. The fraction of sp³-hybridized carbons (Fsp3) is 0.231. The Morgan fingerprint density at radius 2 is 1.88 bits per heavy atom. The van der Waals surface area contributed by atoms with Crippen molar-refractivity contribution in [3.8, 4) is 11.3 Å². The highest BCUT2D eigenvalue weighted by Gasteiger charge is 2.15. The van der Waals surface area contributed by atoms with Gasteiger partial charge in [-0.2, -0.15) is 0 Å². The molecule has 2 aromatic carbocycles. The van der Waals surface area contributed by atoms with Crippen molar-refractivity contribution < 1.29 is 14.0 Å². The van der Waals surface area contributed by atoms with Gasteiger partial charge in [0.15, 0.2) is 16.3 Å². The van der Waals surface area contributed by atoms with Crippen molar-refractivity contribution in [2.24, 2.45) is 0 Å². The molecule has 2 N–H and O–H groups in total. The average molecular weight is 476 g/mol. The highest BCUT2D eigenvalue weighted by atomic mass is 32.1. The minimum Gasteiger partial charge on any atom is -0.451 e. The summed E-state index contributed by atoms with van der Waals surface area (Å²) in [6, 6.07) is 14.6. The van der Waals surface area contributed by atoms with E-state index in [2.05, 4.69) is 15.6 Å². The number of hydrogen-bond donors (Lipinski definition) is 2. The largest absolute Gasteiger partial charge is 0.451 e. The third-order valence-corrected chi connectivity index (χ3v) is 6.15. The molecule has 34 heavy (non-hydrogen) atoms. The minimum absolute atomic E-state index is 0.0212. The van der Waals surface area contributed by atoms with E-state index in [0.29, 0.717) is 16.1 Å². The van der Waals surface area contributed by atoms with Crippen LogP contribution < -0.4 is 16.1 Å². The third kappa shape index (κ3) is 5.58. The number of aromatic nitrogens is 1. The number of thiazole rings is 1. The molecule has 0 aliphatic carbocycles. The highest BCUT2D eigenvalue weighted by molar-refractivity contribution is 7.14. The normalized spacial score (nSPS) is 11.9. The summed E-state index contributed by atoms with van der Waals surface area (Å²) in [5.41, 5.74) is 3.90. The van der Waals surface area contributed by atoms with Gasteiger partial charge in [0.25, 0.3) is 5.91 Å². The summed E-state index contributed by atoms with van der Waals surface area (Å²) in [5.74, 6) is -0.604. The Morgan fingerprint density at radius 1 is 1.12 bits per heavy atom. The topological polar surface area (TPSA) is 101 Å². The quantitative estimate of drug-likeness (QED) is 0.394. The second-order valence-corrected chi connectivity index (χ2v) is 9.16. The van der Waals surface area contributed by atoms with Crippen LogP contribution in [0.25, 0.3) is 22.2 Å². The van der Waals surface area contributed by atoms with Crippen molar-refractivity contribution in [1.29, 1.82) is 0 Å². The molecule has 0 spiro atoms. The molecule has 1 atom stereocenters. The lowest BCUT2D eigenvalue weighted by Gasteiger charge is -2.12. The highest BCUT2D eigenvalue weighted by Crippen LogP contribution is 2.26. The van der Waals surface area contributed by atoms with Gasteiger partial charge in [-0.25, -0.2) is 4.98 Å². The molecule has 4 aromatic rings. The second-order valence-electron chi connectivity index (χ2n) is 8.30. The lowest BCUT2D eigenvalue weighted by molar-refractivity contribution is -0.119. The van der Waals surface area contributed by atoms with Gasteiger partial charge >= 0.3 is 0 Å². The fourth-order valence-corrected chi connectivity index (χ4v) is 4.36. The van der Waals surface area contributed by atoms with Crippen molar-refractivity contribution in [2.45, 2.75) is 39.7 Å². The van der Waals surface area contributed by atoms with Gasteiger partial charge in [-0.15, -0.1) is 11.3 Å². The van der Waals surface area contributed by atoms with Gasteiger partial charge in [0, 0.05) is 30.0 Å². The predicted octanol–water partition coefficient (Wildman–Crippen LogP) is 4.93. The number of carbonyl (C=O) groups excluding carboxylic acids is 2. The molecular weight excluding hydrogens is 450 g/mol. The standard InChI is InChI=1S/C26H25N3O4S/c1-15-4-11-23-20(12-15)22(31)13-24(33-23)25(32)29-26-28-21(14-34-26)19-9-7-18(8-10-19)6-5-16(2)27-17(3)30/h4,7-14,16H,5-6H2,1-3H3,(H,27,30)(H,28,29,32). The van der Waals surface area contributed by atoms with Crippen molar-refractivity contribution >= 4 is 39.3 Å². The van der Waals surface area contributed by atoms with E-state index in [1.54, 1.807) is 12.1 Å². The average Bonchev–Trinajstić information content (AvgIpc) is 3.26. The van der Waals surface area contributed by atoms with Gasteiger partial charge in [0.1, 0.15) is 5.58 Å². The van der Waals surface area contributed by atoms with E-state index in [1.165, 1.54) is 29.9 Å². The molecule has 7 nitrogen and oxygen atoms in total. The van der Waals surface area contributed by atoms with Crippen LogP contribution in [0.4, 0.5) is 5.13 Å². The molecular formula is C26H25N3O4S. The maximum atomic E-state index is 12.7. The number of nitrogens with zero attached hydrogens (tertiary/aromatic N) is 1. The van der Waals surface area contributed by atoms with E-state index in [0.717, 1.165) is 29.7 Å². The lowest BCUT2D eigenvalue weighted by Crippen LogP contribution is -2.30. The summed E-state index contributed by atoms with van der Waals surface area (Å²) in [7, 11) is 0. The molecule has 0 bridgehead atoms. The van der Waals surface area contributed by atoms with E-state index in [9.17, 15) is 14.4 Å². The summed E-state index contributed by atoms with van der Waals surface area (Å²) < 4.78 is 5.64. The molecule has 0 saturated carbocycles. The van der Waals surface area contributed by atoms with Gasteiger partial charge in [0.2, 0.25) is 5.91 Å². The number of rotatable bonds is 7. The van der Waals surface area contributed by atoms with E-state index in [-0.39, 0.29) is 23.1 Å². The monoisotopic (exact) mass is 475 g/mol. The van der Waals surface area contributed by atoms with Crippen LogP contribution in [-0.4, -0.2) is 22.8 Å². The zero-order valence-electron chi connectivity index (χ0n) is 19.2. The van der Waals surface area contributed by atoms with Crippen molar-refractivity contribution in [3.05, 3.63) is 81.0 Å². The summed E-state index contributed by atoms with van der Waals surface area (Å²) in [6.07, 6.45) is 1.72. The van der Waals surface area contributed by atoms with Crippen LogP contribution in [0.5, 0.6) is 0 Å². The van der Waals surface area contributed by atoms with Crippen molar-refractivity contribution in [1.82, 2.24) is 10.3 Å². The first kappa shape index (κ1) is 23.4. The zero-order valence-corrected chi connectivity index (χ0v) is 20.0. The maximum absolute atomic E-state index is 12.7. The summed E-state index contributed by atoms with van der Waals surface area (Å²) in [5, 5.41) is 8.33. The van der Waals surface area contributed by atoms with Gasteiger partial charge in [-0.05, 0) is 44.4 Å². The molecule has 1 unspecified atom stereocenters. The Hall–Kier alpha value is -3.78. The molecule has 0 fully saturated rings. The number of fused-ring (bicyclic) bond motifs is 1. The molecule has 0 aliphatic heterocycles. The Bertz CT molecular complexity index is 1410. The number of carbonyl (C=O) groups is 2. The summed E-state index contributed by atoms with van der Waals surface area (Å²) >= 11 is 1.30. The molecule has 0 saturated heterocycles. The van der Waals surface area contributed by atoms with Crippen LogP contribution >= 0.6 is 11.3 Å². The predicted molar refractivity (Wildman–Crippen MR) is 134 cm³/mol. The first-order valence-corrected chi connectivity index (χ1v) is 11.8. The first-order valence-electron chi connectivity index (χ1n) is 11.0. The number of hydrogen-bond acceptors (Lipinski definition) is 6. The Labute approximate surface area is 200 Å². The third-order valence-electron chi connectivity index (χ3n) is 5.40. The molecule has 2 heterocycles. The van der Waals surface area contributed by atoms with E-state index in [4.69, 9.17) is 4.42 Å². The number of anilines is 1. The van der Waals surface area contributed by atoms with Gasteiger partial charge in [-0.3, -0.25) is 19.7 Å². The minimum atomic E-state index is -0.524. The molecule has 8 heteroatoms. The van der Waals surface area contributed by atoms with Crippen LogP contribution in [0, 0.1) is 6.92 Å².